The highest BCUT2D eigenvalue weighted by Gasteiger charge is 1.94. The lowest BCUT2D eigenvalue weighted by molar-refractivity contribution is -0.114. The Balaban J connectivity index is 1.94. The normalized spacial score (nSPS) is 11.2. The Kier molecular flexibility index (Phi) is 4.23. The van der Waals surface area contributed by atoms with Gasteiger partial charge in [-0.3, -0.25) is 4.79 Å². The first-order valence-corrected chi connectivity index (χ1v) is 5.71. The molecule has 1 aromatic carbocycles. The van der Waals surface area contributed by atoms with E-state index in [-0.39, 0.29) is 5.91 Å². The number of amides is 1. The van der Waals surface area contributed by atoms with E-state index in [9.17, 15) is 4.79 Å². The van der Waals surface area contributed by atoms with Gasteiger partial charge in [-0.1, -0.05) is 12.1 Å². The summed E-state index contributed by atoms with van der Waals surface area (Å²) in [6, 6.07) is 10.9. The first-order chi connectivity index (χ1) is 9.24. The second kappa shape index (κ2) is 6.30. The highest BCUT2D eigenvalue weighted by atomic mass is 16.3. The minimum Gasteiger partial charge on any atom is -0.463 e. The monoisotopic (exact) mass is 255 g/mol. The molecule has 2 aromatic rings. The van der Waals surface area contributed by atoms with Gasteiger partial charge >= 0.3 is 0 Å². The Morgan fingerprint density at radius 1 is 1.16 bits per heavy atom. The molecule has 0 atom stereocenters. The molecule has 0 saturated heterocycles. The number of anilines is 1. The molecule has 0 aliphatic heterocycles. The summed E-state index contributed by atoms with van der Waals surface area (Å²) in [6.45, 7) is 1.47. The quantitative estimate of drug-likeness (QED) is 0.674. The van der Waals surface area contributed by atoms with E-state index in [0.717, 1.165) is 11.3 Å². The molecule has 0 spiro atoms. The standard InChI is InChI=1S/C14H13N3O2/c1-11(18)17-13-6-4-12(5-7-13)9-15-16-10-14-3-2-8-19-14/h2-10H,1H3,(H,17,18)/b15-9-,16-10-. The summed E-state index contributed by atoms with van der Waals surface area (Å²) in [5.41, 5.74) is 1.65. The number of furan rings is 1. The Labute approximate surface area is 110 Å². The summed E-state index contributed by atoms with van der Waals surface area (Å²) in [7, 11) is 0. The second-order valence-corrected chi connectivity index (χ2v) is 3.81. The second-order valence-electron chi connectivity index (χ2n) is 3.81. The topological polar surface area (TPSA) is 67.0 Å². The molecular weight excluding hydrogens is 242 g/mol. The fourth-order valence-electron chi connectivity index (χ4n) is 1.41. The molecule has 1 aromatic heterocycles. The van der Waals surface area contributed by atoms with Crippen LogP contribution in [-0.2, 0) is 4.79 Å². The van der Waals surface area contributed by atoms with Crippen LogP contribution in [0.15, 0.2) is 57.3 Å². The number of carbonyl (C=O) groups excluding carboxylic acids is 1. The summed E-state index contributed by atoms with van der Waals surface area (Å²) >= 11 is 0. The molecule has 1 amide bonds. The molecule has 0 saturated carbocycles. The molecule has 0 radical (unpaired) electrons. The van der Waals surface area contributed by atoms with Gasteiger partial charge in [-0.2, -0.15) is 10.2 Å². The number of benzene rings is 1. The van der Waals surface area contributed by atoms with E-state index in [0.29, 0.717) is 5.76 Å². The summed E-state index contributed by atoms with van der Waals surface area (Å²) in [6.07, 6.45) is 4.73. The first kappa shape index (κ1) is 12.8. The maximum absolute atomic E-state index is 10.9. The number of carbonyl (C=O) groups is 1. The third kappa shape index (κ3) is 4.23. The fraction of sp³-hybridized carbons (Fsp3) is 0.0714. The zero-order valence-electron chi connectivity index (χ0n) is 10.4. The van der Waals surface area contributed by atoms with Gasteiger partial charge < -0.3 is 9.73 Å². The van der Waals surface area contributed by atoms with Crippen LogP contribution in [0.2, 0.25) is 0 Å². The van der Waals surface area contributed by atoms with Crippen LogP contribution in [0.4, 0.5) is 5.69 Å². The van der Waals surface area contributed by atoms with E-state index < -0.39 is 0 Å². The summed E-state index contributed by atoms with van der Waals surface area (Å²) < 4.78 is 5.08. The van der Waals surface area contributed by atoms with Crippen LogP contribution in [0, 0.1) is 0 Å². The van der Waals surface area contributed by atoms with Gasteiger partial charge in [0.25, 0.3) is 0 Å². The molecule has 0 fully saturated rings. The highest BCUT2D eigenvalue weighted by molar-refractivity contribution is 5.89. The van der Waals surface area contributed by atoms with E-state index in [1.165, 1.54) is 13.1 Å². The van der Waals surface area contributed by atoms with Crippen molar-refractivity contribution in [2.24, 2.45) is 10.2 Å². The maximum atomic E-state index is 10.9. The van der Waals surface area contributed by atoms with Gasteiger partial charge in [-0.15, -0.1) is 0 Å². The van der Waals surface area contributed by atoms with Crippen molar-refractivity contribution in [3.63, 3.8) is 0 Å². The lowest BCUT2D eigenvalue weighted by atomic mass is 10.2. The van der Waals surface area contributed by atoms with Crippen molar-refractivity contribution < 1.29 is 9.21 Å². The minimum atomic E-state index is -0.0931. The number of nitrogens with one attached hydrogen (secondary N) is 1. The molecule has 1 N–H and O–H groups in total. The van der Waals surface area contributed by atoms with Gasteiger partial charge in [0.2, 0.25) is 5.91 Å². The van der Waals surface area contributed by atoms with Crippen LogP contribution < -0.4 is 5.32 Å². The van der Waals surface area contributed by atoms with Crippen molar-refractivity contribution in [1.29, 1.82) is 0 Å². The lowest BCUT2D eigenvalue weighted by Crippen LogP contribution is -2.05. The Morgan fingerprint density at radius 2 is 1.89 bits per heavy atom. The molecule has 0 aliphatic rings. The first-order valence-electron chi connectivity index (χ1n) is 5.71. The lowest BCUT2D eigenvalue weighted by Gasteiger charge is -2.00. The van der Waals surface area contributed by atoms with Crippen molar-refractivity contribution in [3.8, 4) is 0 Å². The Morgan fingerprint density at radius 3 is 2.53 bits per heavy atom. The number of hydrogen-bond donors (Lipinski definition) is 1. The van der Waals surface area contributed by atoms with E-state index in [2.05, 4.69) is 15.5 Å². The van der Waals surface area contributed by atoms with Crippen molar-refractivity contribution >= 4 is 24.0 Å². The van der Waals surface area contributed by atoms with Crippen molar-refractivity contribution in [3.05, 3.63) is 54.0 Å². The van der Waals surface area contributed by atoms with Crippen molar-refractivity contribution in [1.82, 2.24) is 0 Å². The van der Waals surface area contributed by atoms with Gasteiger partial charge in [0.05, 0.1) is 18.7 Å². The molecule has 19 heavy (non-hydrogen) atoms. The van der Waals surface area contributed by atoms with Crippen molar-refractivity contribution in [2.45, 2.75) is 6.92 Å². The van der Waals surface area contributed by atoms with Crippen LogP contribution in [0.25, 0.3) is 0 Å². The molecule has 5 nitrogen and oxygen atoms in total. The maximum Gasteiger partial charge on any atom is 0.221 e. The highest BCUT2D eigenvalue weighted by Crippen LogP contribution is 2.07. The van der Waals surface area contributed by atoms with Crippen LogP contribution in [0.1, 0.15) is 18.2 Å². The molecule has 1 heterocycles. The SMILES string of the molecule is CC(=O)Nc1ccc(/C=N\N=C/c2ccco2)cc1. The average Bonchev–Trinajstić information content (AvgIpc) is 2.89. The number of nitrogens with zero attached hydrogens (tertiary/aromatic N) is 2. The van der Waals surface area contributed by atoms with Crippen molar-refractivity contribution in [2.75, 3.05) is 5.32 Å². The zero-order valence-corrected chi connectivity index (χ0v) is 10.4. The molecule has 2 rings (SSSR count). The smallest absolute Gasteiger partial charge is 0.221 e. The van der Waals surface area contributed by atoms with Gasteiger partial charge in [-0.25, -0.2) is 0 Å². The third-order valence-corrected chi connectivity index (χ3v) is 2.23. The van der Waals surface area contributed by atoms with Gasteiger partial charge in [0.15, 0.2) is 0 Å². The van der Waals surface area contributed by atoms with Gasteiger partial charge in [-0.05, 0) is 29.8 Å². The molecule has 96 valence electrons. The van der Waals surface area contributed by atoms with Crippen LogP contribution >= 0.6 is 0 Å². The molecule has 5 heteroatoms. The van der Waals surface area contributed by atoms with Crippen LogP contribution in [0.3, 0.4) is 0 Å². The number of hydrogen-bond acceptors (Lipinski definition) is 4. The zero-order chi connectivity index (χ0) is 13.5. The van der Waals surface area contributed by atoms with Gasteiger partial charge in [0.1, 0.15) is 5.76 Å². The van der Waals surface area contributed by atoms with E-state index in [4.69, 9.17) is 4.42 Å². The summed E-state index contributed by atoms with van der Waals surface area (Å²) in [4.78, 5) is 10.9. The molecule has 0 aliphatic carbocycles. The van der Waals surface area contributed by atoms with E-state index >= 15 is 0 Å². The fourth-order valence-corrected chi connectivity index (χ4v) is 1.41. The van der Waals surface area contributed by atoms with E-state index in [1.807, 2.05) is 12.1 Å². The molecule has 0 bridgehead atoms. The Hall–Kier alpha value is -2.69. The largest absolute Gasteiger partial charge is 0.463 e. The van der Waals surface area contributed by atoms with Gasteiger partial charge in [0, 0.05) is 12.6 Å². The molecular formula is C14H13N3O2. The van der Waals surface area contributed by atoms with E-state index in [1.54, 1.807) is 36.7 Å². The predicted octanol–water partition coefficient (Wildman–Crippen LogP) is 2.69. The average molecular weight is 255 g/mol. The van der Waals surface area contributed by atoms with Crippen LogP contribution in [0.5, 0.6) is 0 Å². The van der Waals surface area contributed by atoms with Crippen LogP contribution in [-0.4, -0.2) is 18.3 Å². The summed E-state index contributed by atoms with van der Waals surface area (Å²) in [5, 5.41) is 10.5. The number of rotatable bonds is 4. The molecule has 0 unspecified atom stereocenters. The third-order valence-electron chi connectivity index (χ3n) is 2.23. The Bertz CT molecular complexity index is 584. The summed E-state index contributed by atoms with van der Waals surface area (Å²) in [5.74, 6) is 0.558. The predicted molar refractivity (Wildman–Crippen MR) is 74.6 cm³/mol. The minimum absolute atomic E-state index is 0.0931.